The molecule has 1 aliphatic carbocycles. The number of phenols is 1. The van der Waals surface area contributed by atoms with Crippen LogP contribution in [0.2, 0.25) is 0 Å². The molecule has 2 aliphatic rings. The quantitative estimate of drug-likeness (QED) is 0.519. The molecule has 0 saturated carbocycles. The van der Waals surface area contributed by atoms with E-state index in [4.69, 9.17) is 4.74 Å². The highest BCUT2D eigenvalue weighted by atomic mass is 16.5. The fraction of sp³-hybridized carbons (Fsp3) is 0.379. The highest BCUT2D eigenvalue weighted by Gasteiger charge is 2.21. The number of allylic oxidation sites excluding steroid dienone is 5. The van der Waals surface area contributed by atoms with Gasteiger partial charge in [-0.2, -0.15) is 0 Å². The van der Waals surface area contributed by atoms with Gasteiger partial charge in [0.15, 0.2) is 0 Å². The Kier molecular flexibility index (Phi) is 8.03. The SMILES string of the molecule is CN1CCC[C@@H]1COc1ccc(/C(=C(/CCCO)C2=CCCC=C2)c2ccc(O)cc2)cc1. The third kappa shape index (κ3) is 5.95. The van der Waals surface area contributed by atoms with Crippen LogP contribution in [0.3, 0.4) is 0 Å². The molecule has 0 aromatic heterocycles. The van der Waals surface area contributed by atoms with Gasteiger partial charge in [-0.3, -0.25) is 0 Å². The monoisotopic (exact) mass is 445 g/mol. The Morgan fingerprint density at radius 2 is 1.76 bits per heavy atom. The molecule has 4 rings (SSSR count). The number of rotatable bonds is 9. The Labute approximate surface area is 197 Å². The van der Waals surface area contributed by atoms with E-state index in [0.29, 0.717) is 12.5 Å². The van der Waals surface area contributed by atoms with Crippen molar-refractivity contribution >= 4 is 5.57 Å². The summed E-state index contributed by atoms with van der Waals surface area (Å²) in [6.07, 6.45) is 12.7. The van der Waals surface area contributed by atoms with Crippen LogP contribution in [-0.2, 0) is 0 Å². The average molecular weight is 446 g/mol. The normalized spacial score (nSPS) is 19.3. The minimum absolute atomic E-state index is 0.158. The molecule has 0 radical (unpaired) electrons. The summed E-state index contributed by atoms with van der Waals surface area (Å²) in [5.41, 5.74) is 5.76. The van der Waals surface area contributed by atoms with Gasteiger partial charge in [0.05, 0.1) is 0 Å². The van der Waals surface area contributed by atoms with Crippen molar-refractivity contribution < 1.29 is 14.9 Å². The van der Waals surface area contributed by atoms with Gasteiger partial charge in [-0.25, -0.2) is 0 Å². The molecule has 2 N–H and O–H groups in total. The van der Waals surface area contributed by atoms with Crippen molar-refractivity contribution in [3.05, 3.63) is 89.0 Å². The van der Waals surface area contributed by atoms with E-state index in [0.717, 1.165) is 54.9 Å². The van der Waals surface area contributed by atoms with Gasteiger partial charge in [0.1, 0.15) is 18.1 Å². The summed E-state index contributed by atoms with van der Waals surface area (Å²) in [7, 11) is 2.17. The van der Waals surface area contributed by atoms with Crippen molar-refractivity contribution in [3.63, 3.8) is 0 Å². The molecule has 0 spiro atoms. The zero-order chi connectivity index (χ0) is 23.0. The van der Waals surface area contributed by atoms with Gasteiger partial charge < -0.3 is 19.8 Å². The van der Waals surface area contributed by atoms with Crippen LogP contribution in [0.15, 0.2) is 77.9 Å². The van der Waals surface area contributed by atoms with Crippen LogP contribution >= 0.6 is 0 Å². The van der Waals surface area contributed by atoms with Crippen molar-refractivity contribution in [2.45, 2.75) is 44.6 Å². The first-order valence-electron chi connectivity index (χ1n) is 12.1. The molecule has 1 fully saturated rings. The summed E-state index contributed by atoms with van der Waals surface area (Å²) in [4.78, 5) is 2.37. The van der Waals surface area contributed by atoms with Gasteiger partial charge in [0.2, 0.25) is 0 Å². The minimum Gasteiger partial charge on any atom is -0.508 e. The smallest absolute Gasteiger partial charge is 0.119 e. The van der Waals surface area contributed by atoms with Crippen LogP contribution in [-0.4, -0.2) is 48.0 Å². The highest BCUT2D eigenvalue weighted by molar-refractivity contribution is 5.85. The number of aliphatic hydroxyl groups is 1. The number of hydrogen-bond acceptors (Lipinski definition) is 4. The van der Waals surface area contributed by atoms with E-state index in [1.807, 2.05) is 12.1 Å². The third-order valence-electron chi connectivity index (χ3n) is 6.64. The van der Waals surface area contributed by atoms with Gasteiger partial charge in [0, 0.05) is 12.6 Å². The van der Waals surface area contributed by atoms with Crippen molar-refractivity contribution in [3.8, 4) is 11.5 Å². The van der Waals surface area contributed by atoms with E-state index in [2.05, 4.69) is 54.4 Å². The summed E-state index contributed by atoms with van der Waals surface area (Å²) in [5.74, 6) is 1.14. The lowest BCUT2D eigenvalue weighted by atomic mass is 9.85. The van der Waals surface area contributed by atoms with Crippen LogP contribution in [0.5, 0.6) is 11.5 Å². The molecule has 4 heteroatoms. The Morgan fingerprint density at radius 3 is 2.36 bits per heavy atom. The minimum atomic E-state index is 0.158. The van der Waals surface area contributed by atoms with E-state index in [-0.39, 0.29) is 12.4 Å². The fourth-order valence-corrected chi connectivity index (χ4v) is 4.75. The van der Waals surface area contributed by atoms with E-state index in [1.165, 1.54) is 24.0 Å². The Balaban J connectivity index is 1.68. The zero-order valence-electron chi connectivity index (χ0n) is 19.5. The van der Waals surface area contributed by atoms with E-state index in [9.17, 15) is 10.2 Å². The predicted molar refractivity (Wildman–Crippen MR) is 134 cm³/mol. The van der Waals surface area contributed by atoms with Crippen LogP contribution < -0.4 is 4.74 Å². The number of nitrogens with zero attached hydrogens (tertiary/aromatic N) is 1. The number of aliphatic hydroxyl groups excluding tert-OH is 1. The molecule has 33 heavy (non-hydrogen) atoms. The number of phenolic OH excluding ortho intramolecular Hbond substituents is 1. The number of likely N-dealkylation sites (tertiary alicyclic amines) is 1. The number of hydrogen-bond donors (Lipinski definition) is 2. The maximum Gasteiger partial charge on any atom is 0.119 e. The molecular weight excluding hydrogens is 410 g/mol. The molecule has 1 saturated heterocycles. The largest absolute Gasteiger partial charge is 0.508 e. The summed E-state index contributed by atoms with van der Waals surface area (Å²) in [6, 6.07) is 16.3. The molecule has 1 aliphatic heterocycles. The molecular formula is C29H35NO3. The van der Waals surface area contributed by atoms with Gasteiger partial charge in [-0.05, 0) is 104 Å². The average Bonchev–Trinajstić information content (AvgIpc) is 3.27. The molecule has 2 aromatic carbocycles. The third-order valence-corrected chi connectivity index (χ3v) is 6.64. The zero-order valence-corrected chi connectivity index (χ0v) is 19.5. The Morgan fingerprint density at radius 1 is 1.03 bits per heavy atom. The topological polar surface area (TPSA) is 52.9 Å². The summed E-state index contributed by atoms with van der Waals surface area (Å²) < 4.78 is 6.11. The standard InChI is InChI=1S/C29H35NO3/c1-30-19-5-9-25(30)21-33-27-17-13-24(14-18-27)29(23-11-15-26(32)16-12-23)28(10-6-20-31)22-7-3-2-4-8-22/h3,7-8,11-18,25,31-32H,2,4-6,9-10,19-21H2,1H3/b29-28-/t25-/m1/s1. The summed E-state index contributed by atoms with van der Waals surface area (Å²) >= 11 is 0. The summed E-state index contributed by atoms with van der Waals surface area (Å²) in [6.45, 7) is 2.02. The fourth-order valence-electron chi connectivity index (χ4n) is 4.75. The maximum absolute atomic E-state index is 9.85. The molecule has 1 atom stereocenters. The molecule has 0 unspecified atom stereocenters. The van der Waals surface area contributed by atoms with Gasteiger partial charge in [0.25, 0.3) is 0 Å². The Bertz CT molecular complexity index is 1000. The predicted octanol–water partition coefficient (Wildman–Crippen LogP) is 5.72. The van der Waals surface area contributed by atoms with Crippen molar-refractivity contribution in [1.29, 1.82) is 0 Å². The molecule has 4 nitrogen and oxygen atoms in total. The van der Waals surface area contributed by atoms with E-state index in [1.54, 1.807) is 12.1 Å². The van der Waals surface area contributed by atoms with Gasteiger partial charge >= 0.3 is 0 Å². The number of benzene rings is 2. The molecule has 2 aromatic rings. The molecule has 174 valence electrons. The number of aromatic hydroxyl groups is 1. The van der Waals surface area contributed by atoms with Crippen molar-refractivity contribution in [2.75, 3.05) is 26.8 Å². The first kappa shape index (κ1) is 23.3. The number of likely N-dealkylation sites (N-methyl/N-ethyl adjacent to an activating group) is 1. The second-order valence-electron chi connectivity index (χ2n) is 8.98. The van der Waals surface area contributed by atoms with Crippen LogP contribution in [0.4, 0.5) is 0 Å². The lowest BCUT2D eigenvalue weighted by Gasteiger charge is -2.21. The summed E-state index contributed by atoms with van der Waals surface area (Å²) in [5, 5.41) is 19.4. The van der Waals surface area contributed by atoms with Gasteiger partial charge in [-0.1, -0.05) is 42.5 Å². The number of ether oxygens (including phenoxy) is 1. The molecule has 1 heterocycles. The Hall–Kier alpha value is -2.82. The lowest BCUT2D eigenvalue weighted by Crippen LogP contribution is -2.30. The van der Waals surface area contributed by atoms with E-state index >= 15 is 0 Å². The second-order valence-corrected chi connectivity index (χ2v) is 8.98. The van der Waals surface area contributed by atoms with Gasteiger partial charge in [-0.15, -0.1) is 0 Å². The van der Waals surface area contributed by atoms with Crippen LogP contribution in [0, 0.1) is 0 Å². The van der Waals surface area contributed by atoms with Crippen molar-refractivity contribution in [2.24, 2.45) is 0 Å². The highest BCUT2D eigenvalue weighted by Crippen LogP contribution is 2.36. The first-order chi connectivity index (χ1) is 16.2. The van der Waals surface area contributed by atoms with Crippen LogP contribution in [0.1, 0.15) is 49.7 Å². The van der Waals surface area contributed by atoms with E-state index < -0.39 is 0 Å². The first-order valence-corrected chi connectivity index (χ1v) is 12.1. The second kappa shape index (κ2) is 11.4. The lowest BCUT2D eigenvalue weighted by molar-refractivity contribution is 0.198. The molecule has 0 amide bonds. The van der Waals surface area contributed by atoms with Crippen molar-refractivity contribution in [1.82, 2.24) is 4.90 Å². The van der Waals surface area contributed by atoms with Crippen LogP contribution in [0.25, 0.3) is 5.57 Å². The molecule has 0 bridgehead atoms. The maximum atomic E-state index is 9.85.